The van der Waals surface area contributed by atoms with Crippen LogP contribution in [0.25, 0.3) is 10.9 Å². The molecule has 5 atom stereocenters. The van der Waals surface area contributed by atoms with E-state index in [1.165, 1.54) is 36.3 Å². The number of H-pyrrole nitrogens is 1. The van der Waals surface area contributed by atoms with E-state index in [2.05, 4.69) is 21.6 Å². The van der Waals surface area contributed by atoms with Crippen molar-refractivity contribution < 1.29 is 4.39 Å². The van der Waals surface area contributed by atoms with E-state index in [9.17, 15) is 0 Å². The summed E-state index contributed by atoms with van der Waals surface area (Å²) in [5.74, 6) is 1.41. The number of hydrogen-bond acceptors (Lipinski definition) is 4. The first-order valence-electron chi connectivity index (χ1n) is 10.2. The molecule has 2 aliphatic carbocycles. The van der Waals surface area contributed by atoms with Gasteiger partial charge in [-0.2, -0.15) is 5.10 Å². The predicted molar refractivity (Wildman–Crippen MR) is 111 cm³/mol. The molecule has 3 aromatic rings. The van der Waals surface area contributed by atoms with Crippen LogP contribution in [0.15, 0.2) is 30.5 Å². The lowest BCUT2D eigenvalue weighted by atomic mass is 9.67. The van der Waals surface area contributed by atoms with Gasteiger partial charge in [-0.25, -0.2) is 4.39 Å². The number of amidine groups is 1. The quantitative estimate of drug-likeness (QED) is 0.259. The van der Waals surface area contributed by atoms with Crippen molar-refractivity contribution in [2.45, 2.75) is 31.2 Å². The third kappa shape index (κ3) is 2.21. The molecule has 29 heavy (non-hydrogen) atoms. The fraction of sp³-hybridized carbons (Fsp3) is 0.364. The minimum atomic E-state index is -0.334. The number of aromatic nitrogens is 2. The molecule has 0 amide bonds. The summed E-state index contributed by atoms with van der Waals surface area (Å²) in [5.41, 5.74) is 16.2. The van der Waals surface area contributed by atoms with Crippen LogP contribution in [-0.4, -0.2) is 16.0 Å². The largest absolute Gasteiger partial charge is 0.398 e. The molecule has 6 rings (SSSR count). The highest BCUT2D eigenvalue weighted by atomic mass is 19.1. The van der Waals surface area contributed by atoms with Crippen LogP contribution in [0.5, 0.6) is 0 Å². The number of hydrogen-bond donors (Lipinski definition) is 5. The highest BCUT2D eigenvalue weighted by Crippen LogP contribution is 2.64. The van der Waals surface area contributed by atoms with Crippen molar-refractivity contribution in [1.82, 2.24) is 10.2 Å². The van der Waals surface area contributed by atoms with Crippen LogP contribution >= 0.6 is 0 Å². The number of aromatic amines is 1. The van der Waals surface area contributed by atoms with E-state index in [0.29, 0.717) is 34.8 Å². The molecule has 1 aromatic heterocycles. The SMILES string of the molecule is N=C(N)c1cc([C@@H]2Nc3ccc4[nH]ncc4c3[C@H]3[C@@H]4CC[C@@H](C4)[C@H]32)c(F)cc1N. The smallest absolute Gasteiger partial charge is 0.130 e. The van der Waals surface area contributed by atoms with Crippen molar-refractivity contribution in [3.8, 4) is 0 Å². The molecule has 0 radical (unpaired) electrons. The summed E-state index contributed by atoms with van der Waals surface area (Å²) in [6.45, 7) is 0. The number of nitrogens with one attached hydrogen (secondary N) is 3. The molecular formula is C22H23FN6. The topological polar surface area (TPSA) is 117 Å². The second-order valence-corrected chi connectivity index (χ2v) is 8.79. The van der Waals surface area contributed by atoms with Crippen LogP contribution < -0.4 is 16.8 Å². The Balaban J connectivity index is 1.56. The second kappa shape index (κ2) is 5.72. The van der Waals surface area contributed by atoms with Gasteiger partial charge in [0.05, 0.1) is 17.8 Å². The second-order valence-electron chi connectivity index (χ2n) is 8.79. The molecule has 6 nitrogen and oxygen atoms in total. The van der Waals surface area contributed by atoms with E-state index in [1.807, 2.05) is 12.3 Å². The Bertz CT molecular complexity index is 1170. The number of fused-ring (bicyclic) bond motifs is 9. The molecule has 7 N–H and O–H groups in total. The minimum Gasteiger partial charge on any atom is -0.398 e. The molecule has 3 aliphatic rings. The van der Waals surface area contributed by atoms with Crippen LogP contribution in [0.2, 0.25) is 0 Å². The predicted octanol–water partition coefficient (Wildman–Crippen LogP) is 3.86. The highest BCUT2D eigenvalue weighted by molar-refractivity contribution is 6.00. The molecule has 2 saturated carbocycles. The Morgan fingerprint density at radius 1 is 1.21 bits per heavy atom. The Kier molecular flexibility index (Phi) is 3.32. The van der Waals surface area contributed by atoms with Gasteiger partial charge in [0.15, 0.2) is 0 Å². The molecule has 2 heterocycles. The van der Waals surface area contributed by atoms with Crippen molar-refractivity contribution in [3.63, 3.8) is 0 Å². The van der Waals surface area contributed by atoms with Crippen molar-refractivity contribution >= 4 is 28.1 Å². The van der Waals surface area contributed by atoms with Gasteiger partial charge < -0.3 is 16.8 Å². The Hall–Kier alpha value is -3.09. The first-order valence-corrected chi connectivity index (χ1v) is 10.2. The van der Waals surface area contributed by atoms with Gasteiger partial charge >= 0.3 is 0 Å². The lowest BCUT2D eigenvalue weighted by Crippen LogP contribution is -2.36. The van der Waals surface area contributed by atoms with Gasteiger partial charge in [0.1, 0.15) is 11.7 Å². The average Bonchev–Trinajstić information content (AvgIpc) is 3.43. The van der Waals surface area contributed by atoms with E-state index in [0.717, 1.165) is 11.2 Å². The monoisotopic (exact) mass is 390 g/mol. The number of halogens is 1. The van der Waals surface area contributed by atoms with Gasteiger partial charge in [-0.15, -0.1) is 0 Å². The number of anilines is 2. The van der Waals surface area contributed by atoms with E-state index in [-0.39, 0.29) is 23.4 Å². The third-order valence-electron chi connectivity index (χ3n) is 7.47. The fourth-order valence-corrected chi connectivity index (χ4v) is 6.39. The van der Waals surface area contributed by atoms with Gasteiger partial charge in [-0.05, 0) is 72.8 Å². The maximum absolute atomic E-state index is 15.1. The molecule has 0 spiro atoms. The third-order valence-corrected chi connectivity index (χ3v) is 7.47. The van der Waals surface area contributed by atoms with E-state index in [1.54, 1.807) is 6.07 Å². The molecule has 7 heteroatoms. The van der Waals surface area contributed by atoms with Gasteiger partial charge in [-0.3, -0.25) is 10.5 Å². The summed E-state index contributed by atoms with van der Waals surface area (Å²) < 4.78 is 15.1. The van der Waals surface area contributed by atoms with Gasteiger partial charge in [-0.1, -0.05) is 0 Å². The first-order chi connectivity index (χ1) is 14.0. The van der Waals surface area contributed by atoms with Gasteiger partial charge in [0, 0.05) is 27.9 Å². The number of nitrogen functional groups attached to an aromatic ring is 2. The van der Waals surface area contributed by atoms with Crippen molar-refractivity contribution in [2.24, 2.45) is 23.5 Å². The zero-order chi connectivity index (χ0) is 19.9. The van der Waals surface area contributed by atoms with Crippen LogP contribution in [0, 0.1) is 29.0 Å². The number of nitrogens with two attached hydrogens (primary N) is 2. The molecule has 0 unspecified atom stereocenters. The van der Waals surface area contributed by atoms with E-state index < -0.39 is 0 Å². The average molecular weight is 390 g/mol. The molecule has 2 bridgehead atoms. The molecule has 0 saturated heterocycles. The van der Waals surface area contributed by atoms with Crippen LogP contribution in [0.3, 0.4) is 0 Å². The maximum Gasteiger partial charge on any atom is 0.130 e. The number of benzene rings is 2. The van der Waals surface area contributed by atoms with E-state index >= 15 is 4.39 Å². The molecule has 1 aliphatic heterocycles. The highest BCUT2D eigenvalue weighted by Gasteiger charge is 2.54. The van der Waals surface area contributed by atoms with Crippen molar-refractivity contribution in [1.29, 1.82) is 5.41 Å². The van der Waals surface area contributed by atoms with Gasteiger partial charge in [0.2, 0.25) is 0 Å². The summed E-state index contributed by atoms with van der Waals surface area (Å²) in [6, 6.07) is 6.93. The minimum absolute atomic E-state index is 0.135. The molecule has 148 valence electrons. The Morgan fingerprint density at radius 2 is 2.03 bits per heavy atom. The first kappa shape index (κ1) is 16.8. The molecule has 2 aromatic carbocycles. The Morgan fingerprint density at radius 3 is 2.86 bits per heavy atom. The van der Waals surface area contributed by atoms with Crippen molar-refractivity contribution in [2.75, 3.05) is 11.1 Å². The number of rotatable bonds is 2. The summed E-state index contributed by atoms with van der Waals surface area (Å²) >= 11 is 0. The van der Waals surface area contributed by atoms with Crippen LogP contribution in [0.4, 0.5) is 15.8 Å². The normalized spacial score (nSPS) is 29.5. The summed E-state index contributed by atoms with van der Waals surface area (Å²) in [5, 5.41) is 20.0. The summed E-state index contributed by atoms with van der Waals surface area (Å²) in [4.78, 5) is 0. The standard InChI is InChI=1S/C22H23FN6/c23-14-7-15(24)12(22(25)26)6-11(14)21-19-10-2-1-9(5-10)18(19)20-13-8-27-29-16(13)3-4-17(20)28-21/h3-4,6-10,18-19,21,28H,1-2,5,24H2,(H3,25,26)(H,27,29)/t9-,10+,18+,19-,21+/m1/s1. The molecular weight excluding hydrogens is 367 g/mol. The lowest BCUT2D eigenvalue weighted by Gasteiger charge is -2.44. The zero-order valence-electron chi connectivity index (χ0n) is 15.9. The van der Waals surface area contributed by atoms with E-state index in [4.69, 9.17) is 16.9 Å². The van der Waals surface area contributed by atoms with Crippen LogP contribution in [-0.2, 0) is 0 Å². The fourth-order valence-electron chi connectivity index (χ4n) is 6.39. The zero-order valence-corrected chi connectivity index (χ0v) is 15.9. The Labute approximate surface area is 167 Å². The molecule has 2 fully saturated rings. The summed E-state index contributed by atoms with van der Waals surface area (Å²) in [6.07, 6.45) is 5.53. The summed E-state index contributed by atoms with van der Waals surface area (Å²) in [7, 11) is 0. The maximum atomic E-state index is 15.1. The number of nitrogens with zero attached hydrogens (tertiary/aromatic N) is 1. The van der Waals surface area contributed by atoms with Crippen LogP contribution in [0.1, 0.15) is 47.9 Å². The van der Waals surface area contributed by atoms with Gasteiger partial charge in [0.25, 0.3) is 0 Å². The lowest BCUT2D eigenvalue weighted by molar-refractivity contribution is 0.246. The van der Waals surface area contributed by atoms with Crippen molar-refractivity contribution in [3.05, 3.63) is 53.0 Å².